The lowest BCUT2D eigenvalue weighted by Gasteiger charge is -2.07. The molecule has 3 N–H and O–H groups in total. The van der Waals surface area contributed by atoms with Crippen molar-refractivity contribution < 1.29 is 15.0 Å². The largest absolute Gasteiger partial charge is 0.494 e. The number of carbonyl (C=O) groups excluding carboxylic acids is 1. The molecular formula is C10H15IN2O3. The highest BCUT2D eigenvalue weighted by atomic mass is 127. The molecule has 5 nitrogen and oxygen atoms in total. The van der Waals surface area contributed by atoms with Gasteiger partial charge in [0.1, 0.15) is 0 Å². The van der Waals surface area contributed by atoms with E-state index in [1.165, 1.54) is 16.7 Å². The fraction of sp³-hybridized carbons (Fsp3) is 0.500. The number of nitrogens with one attached hydrogen (secondary N) is 1. The van der Waals surface area contributed by atoms with Crippen LogP contribution in [0.15, 0.2) is 12.1 Å². The van der Waals surface area contributed by atoms with Crippen LogP contribution in [0.3, 0.4) is 0 Å². The molecule has 1 aromatic rings. The van der Waals surface area contributed by atoms with Crippen LogP contribution in [0.25, 0.3) is 0 Å². The van der Waals surface area contributed by atoms with Crippen molar-refractivity contribution in [3.63, 3.8) is 0 Å². The standard InChI is InChI=1S/C10H15IN2O3/c11-5-1-6-12-8(14)4-7-13-9(15)2-3-10(13)16/h2-3,15-16H,1,4-7H2,(H,12,14). The van der Waals surface area contributed by atoms with Gasteiger partial charge in [-0.3, -0.25) is 9.36 Å². The molecule has 0 spiro atoms. The molecule has 0 fully saturated rings. The van der Waals surface area contributed by atoms with Gasteiger partial charge in [-0.2, -0.15) is 0 Å². The van der Waals surface area contributed by atoms with Crippen molar-refractivity contribution in [2.75, 3.05) is 11.0 Å². The summed E-state index contributed by atoms with van der Waals surface area (Å²) in [4.78, 5) is 11.3. The van der Waals surface area contributed by atoms with Gasteiger partial charge in [0, 0.05) is 36.1 Å². The topological polar surface area (TPSA) is 74.5 Å². The van der Waals surface area contributed by atoms with Crippen molar-refractivity contribution in [3.05, 3.63) is 12.1 Å². The van der Waals surface area contributed by atoms with Crippen molar-refractivity contribution in [2.24, 2.45) is 0 Å². The lowest BCUT2D eigenvalue weighted by molar-refractivity contribution is -0.121. The monoisotopic (exact) mass is 338 g/mol. The molecule has 6 heteroatoms. The molecule has 1 rings (SSSR count). The van der Waals surface area contributed by atoms with Gasteiger partial charge >= 0.3 is 0 Å². The lowest BCUT2D eigenvalue weighted by Crippen LogP contribution is -2.25. The molecule has 90 valence electrons. The Bertz CT molecular complexity index is 332. The molecule has 0 aromatic carbocycles. The van der Waals surface area contributed by atoms with Crippen LogP contribution in [0.2, 0.25) is 0 Å². The number of hydrogen-bond acceptors (Lipinski definition) is 3. The van der Waals surface area contributed by atoms with E-state index in [-0.39, 0.29) is 30.6 Å². The molecule has 0 saturated carbocycles. The van der Waals surface area contributed by atoms with Gasteiger partial charge in [0.25, 0.3) is 0 Å². The third-order valence-electron chi connectivity index (χ3n) is 2.13. The highest BCUT2D eigenvalue weighted by molar-refractivity contribution is 14.1. The first kappa shape index (κ1) is 13.1. The van der Waals surface area contributed by atoms with Crippen LogP contribution < -0.4 is 5.32 Å². The van der Waals surface area contributed by atoms with Gasteiger partial charge in [-0.25, -0.2) is 0 Å². The molecule has 16 heavy (non-hydrogen) atoms. The summed E-state index contributed by atoms with van der Waals surface area (Å²) >= 11 is 2.25. The number of alkyl halides is 1. The van der Waals surface area contributed by atoms with Crippen LogP contribution >= 0.6 is 22.6 Å². The first-order valence-corrected chi connectivity index (χ1v) is 6.58. The summed E-state index contributed by atoms with van der Waals surface area (Å²) in [6.45, 7) is 0.951. The molecule has 0 saturated heterocycles. The number of hydrogen-bond donors (Lipinski definition) is 3. The molecule has 1 aromatic heterocycles. The number of rotatable bonds is 6. The Hall–Kier alpha value is -0.920. The normalized spacial score (nSPS) is 10.3. The van der Waals surface area contributed by atoms with Gasteiger partial charge in [0.15, 0.2) is 11.8 Å². The van der Waals surface area contributed by atoms with E-state index in [9.17, 15) is 15.0 Å². The summed E-state index contributed by atoms with van der Waals surface area (Å²) in [6.07, 6.45) is 1.20. The van der Waals surface area contributed by atoms with E-state index in [4.69, 9.17) is 0 Å². The highest BCUT2D eigenvalue weighted by Crippen LogP contribution is 2.20. The van der Waals surface area contributed by atoms with Gasteiger partial charge in [-0.05, 0) is 6.42 Å². The Morgan fingerprint density at radius 2 is 2.00 bits per heavy atom. The average molecular weight is 338 g/mol. The second-order valence-corrected chi connectivity index (χ2v) is 4.42. The van der Waals surface area contributed by atoms with Crippen LogP contribution in [-0.2, 0) is 11.3 Å². The highest BCUT2D eigenvalue weighted by Gasteiger charge is 2.07. The minimum absolute atomic E-state index is 0.0300. The van der Waals surface area contributed by atoms with E-state index in [0.717, 1.165) is 10.8 Å². The number of aromatic hydroxyl groups is 2. The van der Waals surface area contributed by atoms with Crippen LogP contribution in [0.5, 0.6) is 11.8 Å². The Kier molecular flexibility index (Phi) is 5.44. The first-order chi connectivity index (χ1) is 7.65. The first-order valence-electron chi connectivity index (χ1n) is 5.05. The van der Waals surface area contributed by atoms with Crippen LogP contribution in [0.4, 0.5) is 0 Å². The molecule has 1 heterocycles. The van der Waals surface area contributed by atoms with Crippen molar-refractivity contribution in [3.8, 4) is 11.8 Å². The summed E-state index contributed by atoms with van der Waals surface area (Å²) in [7, 11) is 0. The van der Waals surface area contributed by atoms with Gasteiger partial charge in [0.05, 0.1) is 0 Å². The third kappa shape index (κ3) is 3.92. The second kappa shape index (κ2) is 6.62. The Labute approximate surface area is 108 Å². The number of amides is 1. The summed E-state index contributed by atoms with van der Waals surface area (Å²) < 4.78 is 2.30. The van der Waals surface area contributed by atoms with E-state index < -0.39 is 0 Å². The molecule has 0 atom stereocenters. The van der Waals surface area contributed by atoms with E-state index in [1.807, 2.05) is 0 Å². The summed E-state index contributed by atoms with van der Waals surface area (Å²) in [6, 6.07) is 2.78. The Morgan fingerprint density at radius 1 is 1.38 bits per heavy atom. The Balaban J connectivity index is 2.32. The maximum atomic E-state index is 11.3. The van der Waals surface area contributed by atoms with E-state index >= 15 is 0 Å². The Morgan fingerprint density at radius 3 is 2.56 bits per heavy atom. The molecule has 1 amide bonds. The molecule has 0 aliphatic rings. The smallest absolute Gasteiger partial charge is 0.221 e. The van der Waals surface area contributed by atoms with E-state index in [1.54, 1.807) is 0 Å². The molecular weight excluding hydrogens is 323 g/mol. The number of nitrogens with zero attached hydrogens (tertiary/aromatic N) is 1. The second-order valence-electron chi connectivity index (χ2n) is 3.34. The number of aromatic nitrogens is 1. The van der Waals surface area contributed by atoms with Crippen LogP contribution in [-0.4, -0.2) is 31.7 Å². The van der Waals surface area contributed by atoms with Crippen molar-refractivity contribution in [1.82, 2.24) is 9.88 Å². The molecule has 0 aliphatic heterocycles. The van der Waals surface area contributed by atoms with Gasteiger partial charge in [-0.15, -0.1) is 0 Å². The zero-order chi connectivity index (χ0) is 12.0. The zero-order valence-corrected chi connectivity index (χ0v) is 11.0. The molecule has 0 aliphatic carbocycles. The fourth-order valence-electron chi connectivity index (χ4n) is 1.27. The summed E-state index contributed by atoms with van der Waals surface area (Å²) in [5, 5.41) is 21.4. The fourth-order valence-corrected chi connectivity index (χ4v) is 1.65. The summed E-state index contributed by atoms with van der Waals surface area (Å²) in [5.74, 6) is -0.132. The minimum atomic E-state index is -0.0719. The number of carbonyl (C=O) groups is 1. The SMILES string of the molecule is O=C(CCn1c(O)ccc1O)NCCCI. The third-order valence-corrected chi connectivity index (χ3v) is 2.89. The predicted molar refractivity (Wildman–Crippen MR) is 68.9 cm³/mol. The predicted octanol–water partition coefficient (Wildman–Crippen LogP) is 1.23. The maximum absolute atomic E-state index is 11.3. The van der Waals surface area contributed by atoms with Crippen LogP contribution in [0, 0.1) is 0 Å². The van der Waals surface area contributed by atoms with Gasteiger partial charge in [-0.1, -0.05) is 22.6 Å². The average Bonchev–Trinajstić information content (AvgIpc) is 2.57. The van der Waals surface area contributed by atoms with Crippen molar-refractivity contribution in [2.45, 2.75) is 19.4 Å². The van der Waals surface area contributed by atoms with Crippen molar-refractivity contribution >= 4 is 28.5 Å². The van der Waals surface area contributed by atoms with Crippen LogP contribution in [0.1, 0.15) is 12.8 Å². The van der Waals surface area contributed by atoms with Crippen molar-refractivity contribution in [1.29, 1.82) is 0 Å². The lowest BCUT2D eigenvalue weighted by atomic mass is 10.3. The molecule has 0 radical (unpaired) electrons. The quantitative estimate of drug-likeness (QED) is 0.415. The van der Waals surface area contributed by atoms with E-state index in [2.05, 4.69) is 27.9 Å². The number of halogens is 1. The van der Waals surface area contributed by atoms with Gasteiger partial charge < -0.3 is 15.5 Å². The molecule has 0 unspecified atom stereocenters. The summed E-state index contributed by atoms with van der Waals surface area (Å²) in [5.41, 5.74) is 0. The minimum Gasteiger partial charge on any atom is -0.494 e. The maximum Gasteiger partial charge on any atom is 0.221 e. The van der Waals surface area contributed by atoms with Gasteiger partial charge in [0.2, 0.25) is 5.91 Å². The van der Waals surface area contributed by atoms with E-state index in [0.29, 0.717) is 6.54 Å². The molecule has 0 bridgehead atoms. The zero-order valence-electron chi connectivity index (χ0n) is 8.82.